The molecular formula is C31H36O7S. The van der Waals surface area contributed by atoms with Crippen molar-refractivity contribution in [3.63, 3.8) is 0 Å². The average Bonchev–Trinajstić information content (AvgIpc) is 3.00. The highest BCUT2D eigenvalue weighted by Crippen LogP contribution is 2.39. The van der Waals surface area contributed by atoms with Crippen molar-refractivity contribution in [1.82, 2.24) is 0 Å². The van der Waals surface area contributed by atoms with Gasteiger partial charge in [-0.3, -0.25) is 0 Å². The van der Waals surface area contributed by atoms with Crippen molar-refractivity contribution in [3.05, 3.63) is 95.6 Å². The van der Waals surface area contributed by atoms with Gasteiger partial charge < -0.3 is 33.2 Å². The first-order valence-electron chi connectivity index (χ1n) is 13.3. The molecule has 0 N–H and O–H groups in total. The van der Waals surface area contributed by atoms with E-state index in [4.69, 9.17) is 33.2 Å². The van der Waals surface area contributed by atoms with Gasteiger partial charge in [0.25, 0.3) is 0 Å². The Balaban J connectivity index is 1.39. The molecule has 0 aromatic heterocycles. The molecule has 2 fully saturated rings. The molecule has 0 saturated carbocycles. The zero-order valence-corrected chi connectivity index (χ0v) is 23.4. The lowest BCUT2D eigenvalue weighted by atomic mass is 9.98. The second-order valence-corrected chi connectivity index (χ2v) is 10.8. The lowest BCUT2D eigenvalue weighted by molar-refractivity contribution is -0.329. The predicted octanol–water partition coefficient (Wildman–Crippen LogP) is 5.77. The number of ether oxygens (including phenoxy) is 7. The van der Waals surface area contributed by atoms with Gasteiger partial charge in [0.1, 0.15) is 41.4 Å². The summed E-state index contributed by atoms with van der Waals surface area (Å²) in [4.78, 5) is 0. The summed E-state index contributed by atoms with van der Waals surface area (Å²) >= 11 is 1.71. The third-order valence-corrected chi connectivity index (χ3v) is 7.93. The van der Waals surface area contributed by atoms with E-state index in [0.29, 0.717) is 19.8 Å². The van der Waals surface area contributed by atoms with Crippen LogP contribution in [0.25, 0.3) is 0 Å². The van der Waals surface area contributed by atoms with Crippen LogP contribution in [0.15, 0.2) is 78.9 Å². The Morgan fingerprint density at radius 3 is 1.90 bits per heavy atom. The van der Waals surface area contributed by atoms with Gasteiger partial charge in [-0.15, -0.1) is 11.8 Å². The molecule has 6 atom stereocenters. The zero-order valence-electron chi connectivity index (χ0n) is 22.6. The maximum Gasteiger partial charge on any atom is 0.184 e. The van der Waals surface area contributed by atoms with Gasteiger partial charge in [0.15, 0.2) is 6.29 Å². The molecule has 2 saturated heterocycles. The van der Waals surface area contributed by atoms with Gasteiger partial charge in [0.2, 0.25) is 0 Å². The normalized spacial score (nSPS) is 26.5. The van der Waals surface area contributed by atoms with Crippen LogP contribution in [0.1, 0.15) is 29.9 Å². The molecule has 0 bridgehead atoms. The number of rotatable bonds is 11. The standard InChI is InChI=1S/C31H36O7S/c1-4-39-31-29(35-19-22-12-16-25(33-3)17-13-22)28(34-18-21-10-14-24(32-2)15-11-21)27-26(37-31)20-36-30(38-27)23-8-6-5-7-9-23/h5-17,26-31H,4,18-20H2,1-3H3/t26-,27+,28+,29-,30+,31+/m1/s1. The molecule has 0 unspecified atom stereocenters. The van der Waals surface area contributed by atoms with E-state index in [1.807, 2.05) is 78.9 Å². The maximum atomic E-state index is 6.65. The van der Waals surface area contributed by atoms with Gasteiger partial charge in [-0.1, -0.05) is 61.5 Å². The van der Waals surface area contributed by atoms with E-state index in [1.54, 1.807) is 26.0 Å². The Labute approximate surface area is 234 Å². The highest BCUT2D eigenvalue weighted by molar-refractivity contribution is 7.99. The minimum absolute atomic E-state index is 0.226. The largest absolute Gasteiger partial charge is 0.497 e. The summed E-state index contributed by atoms with van der Waals surface area (Å²) in [6, 6.07) is 25.8. The summed E-state index contributed by atoms with van der Waals surface area (Å²) in [7, 11) is 3.32. The molecule has 0 radical (unpaired) electrons. The van der Waals surface area contributed by atoms with Gasteiger partial charge in [0.05, 0.1) is 34.0 Å². The fourth-order valence-electron chi connectivity index (χ4n) is 4.82. The second kappa shape index (κ2) is 13.7. The van der Waals surface area contributed by atoms with Crippen molar-refractivity contribution < 1.29 is 33.2 Å². The second-order valence-electron chi connectivity index (χ2n) is 9.42. The van der Waals surface area contributed by atoms with E-state index in [2.05, 4.69) is 6.92 Å². The summed E-state index contributed by atoms with van der Waals surface area (Å²) in [5.74, 6) is 2.50. The first-order chi connectivity index (χ1) is 19.2. The Bertz CT molecular complexity index is 1140. The molecular weight excluding hydrogens is 516 g/mol. The fourth-order valence-corrected chi connectivity index (χ4v) is 5.79. The van der Waals surface area contributed by atoms with Gasteiger partial charge in [-0.25, -0.2) is 0 Å². The summed E-state index contributed by atoms with van der Waals surface area (Å²) in [6.45, 7) is 3.35. The van der Waals surface area contributed by atoms with Crippen LogP contribution in [-0.2, 0) is 36.9 Å². The van der Waals surface area contributed by atoms with E-state index >= 15 is 0 Å². The molecule has 0 spiro atoms. The average molecular weight is 553 g/mol. The molecule has 39 heavy (non-hydrogen) atoms. The van der Waals surface area contributed by atoms with E-state index in [9.17, 15) is 0 Å². The van der Waals surface area contributed by atoms with Crippen LogP contribution in [0.2, 0.25) is 0 Å². The Morgan fingerprint density at radius 1 is 0.744 bits per heavy atom. The lowest BCUT2D eigenvalue weighted by Gasteiger charge is -2.49. The summed E-state index contributed by atoms with van der Waals surface area (Å²) in [5.41, 5.74) is 2.82. The SMILES string of the molecule is CCS[C@@H]1O[C@@H]2CO[C@H](c3ccccc3)O[C@@H]2[C@H](OCc2ccc(OC)cc2)[C@H]1OCc1ccc(OC)cc1. The van der Waals surface area contributed by atoms with Crippen molar-refractivity contribution >= 4 is 11.8 Å². The minimum atomic E-state index is -0.499. The summed E-state index contributed by atoms with van der Waals surface area (Å²) in [5, 5.41) is 0. The van der Waals surface area contributed by atoms with Crippen molar-refractivity contribution in [1.29, 1.82) is 0 Å². The Kier molecular flexibility index (Phi) is 9.79. The van der Waals surface area contributed by atoms with Gasteiger partial charge in [-0.05, 0) is 41.1 Å². The van der Waals surface area contributed by atoms with Crippen LogP contribution in [-0.4, -0.2) is 56.4 Å². The van der Waals surface area contributed by atoms with Crippen LogP contribution in [0.3, 0.4) is 0 Å². The van der Waals surface area contributed by atoms with Crippen molar-refractivity contribution in [3.8, 4) is 11.5 Å². The third kappa shape index (κ3) is 6.95. The highest BCUT2D eigenvalue weighted by Gasteiger charge is 2.51. The molecule has 0 aliphatic carbocycles. The first kappa shape index (κ1) is 28.0. The smallest absolute Gasteiger partial charge is 0.184 e. The molecule has 3 aromatic rings. The molecule has 2 aliphatic heterocycles. The Morgan fingerprint density at radius 2 is 1.33 bits per heavy atom. The van der Waals surface area contributed by atoms with Crippen LogP contribution >= 0.6 is 11.8 Å². The lowest BCUT2D eigenvalue weighted by Crippen LogP contribution is -2.62. The number of fused-ring (bicyclic) bond motifs is 1. The van der Waals surface area contributed by atoms with Crippen LogP contribution in [0.5, 0.6) is 11.5 Å². The molecule has 2 heterocycles. The van der Waals surface area contributed by atoms with E-state index in [-0.39, 0.29) is 29.9 Å². The van der Waals surface area contributed by atoms with Gasteiger partial charge >= 0.3 is 0 Å². The van der Waals surface area contributed by atoms with E-state index < -0.39 is 6.29 Å². The molecule has 3 aromatic carbocycles. The Hall–Kier alpha value is -2.59. The monoisotopic (exact) mass is 552 g/mol. The maximum absolute atomic E-state index is 6.65. The molecule has 0 amide bonds. The number of methoxy groups -OCH3 is 2. The minimum Gasteiger partial charge on any atom is -0.497 e. The summed E-state index contributed by atoms with van der Waals surface area (Å²) < 4.78 is 43.0. The number of hydrogen-bond acceptors (Lipinski definition) is 8. The molecule has 208 valence electrons. The number of hydrogen-bond donors (Lipinski definition) is 0. The zero-order chi connectivity index (χ0) is 27.0. The number of thioether (sulfide) groups is 1. The molecule has 2 aliphatic rings. The van der Waals surface area contributed by atoms with Crippen molar-refractivity contribution in [2.45, 2.75) is 56.3 Å². The quantitative estimate of drug-likeness (QED) is 0.297. The van der Waals surface area contributed by atoms with Crippen LogP contribution < -0.4 is 9.47 Å². The van der Waals surface area contributed by atoms with Crippen LogP contribution in [0.4, 0.5) is 0 Å². The van der Waals surface area contributed by atoms with Gasteiger partial charge in [0, 0.05) is 5.56 Å². The van der Waals surface area contributed by atoms with Crippen LogP contribution in [0, 0.1) is 0 Å². The summed E-state index contributed by atoms with van der Waals surface area (Å²) in [6.07, 6.45) is -1.86. The van der Waals surface area contributed by atoms with Crippen molar-refractivity contribution in [2.75, 3.05) is 26.6 Å². The molecule has 5 rings (SSSR count). The van der Waals surface area contributed by atoms with E-state index in [0.717, 1.165) is 33.9 Å². The molecule has 8 heteroatoms. The predicted molar refractivity (Wildman–Crippen MR) is 150 cm³/mol. The van der Waals surface area contributed by atoms with Gasteiger partial charge in [-0.2, -0.15) is 0 Å². The topological polar surface area (TPSA) is 64.6 Å². The fraction of sp³-hybridized carbons (Fsp3) is 0.419. The third-order valence-electron chi connectivity index (χ3n) is 6.89. The highest BCUT2D eigenvalue weighted by atomic mass is 32.2. The van der Waals surface area contributed by atoms with E-state index in [1.165, 1.54) is 0 Å². The first-order valence-corrected chi connectivity index (χ1v) is 14.3. The number of benzene rings is 3. The van der Waals surface area contributed by atoms with Crippen molar-refractivity contribution in [2.24, 2.45) is 0 Å². The molecule has 7 nitrogen and oxygen atoms in total.